The molecule has 162 valence electrons. The van der Waals surface area contributed by atoms with E-state index in [0.29, 0.717) is 44.2 Å². The summed E-state index contributed by atoms with van der Waals surface area (Å²) in [6.45, 7) is 0.697. The summed E-state index contributed by atoms with van der Waals surface area (Å²) in [4.78, 5) is 23.8. The van der Waals surface area contributed by atoms with Crippen LogP contribution in [0.15, 0.2) is 53.3 Å². The van der Waals surface area contributed by atoms with Gasteiger partial charge in [0, 0.05) is 21.7 Å². The summed E-state index contributed by atoms with van der Waals surface area (Å²) >= 11 is 12.0. The number of rotatable bonds is 4. The molecular formula is C21H16BrClIN7O. The predicted octanol–water partition coefficient (Wildman–Crippen LogP) is 4.52. The molecule has 32 heavy (non-hydrogen) atoms. The molecule has 2 aromatic carbocycles. The van der Waals surface area contributed by atoms with Gasteiger partial charge >= 0.3 is 0 Å². The van der Waals surface area contributed by atoms with E-state index >= 15 is 0 Å². The van der Waals surface area contributed by atoms with E-state index < -0.39 is 6.17 Å². The molecule has 1 amide bonds. The highest BCUT2D eigenvalue weighted by atomic mass is 127. The Hall–Kier alpha value is -2.44. The molecule has 0 fully saturated rings. The molecule has 1 aliphatic rings. The van der Waals surface area contributed by atoms with Crippen molar-refractivity contribution < 1.29 is 4.79 Å². The molecule has 1 aliphatic heterocycles. The highest BCUT2D eigenvalue weighted by Gasteiger charge is 2.34. The van der Waals surface area contributed by atoms with Crippen LogP contribution in [0.4, 0.5) is 11.5 Å². The maximum absolute atomic E-state index is 13.6. The van der Waals surface area contributed by atoms with Gasteiger partial charge < -0.3 is 16.0 Å². The van der Waals surface area contributed by atoms with Gasteiger partial charge in [0.1, 0.15) is 22.0 Å². The number of benzene rings is 2. The maximum Gasteiger partial charge on any atom is 0.259 e. The van der Waals surface area contributed by atoms with Crippen molar-refractivity contribution in [2.24, 2.45) is 0 Å². The topological polar surface area (TPSA) is 102 Å². The first-order valence-electron chi connectivity index (χ1n) is 9.66. The highest BCUT2D eigenvalue weighted by molar-refractivity contribution is 14.1. The van der Waals surface area contributed by atoms with Crippen molar-refractivity contribution in [3.05, 3.63) is 73.1 Å². The van der Waals surface area contributed by atoms with Gasteiger partial charge in [-0.25, -0.2) is 14.6 Å². The van der Waals surface area contributed by atoms with Gasteiger partial charge in [-0.3, -0.25) is 4.79 Å². The largest absolute Gasteiger partial charge is 0.383 e. The van der Waals surface area contributed by atoms with Crippen molar-refractivity contribution >= 4 is 78.6 Å². The third-order valence-corrected chi connectivity index (χ3v) is 7.13. The van der Waals surface area contributed by atoms with E-state index in [1.807, 2.05) is 42.5 Å². The Morgan fingerprint density at radius 2 is 2.00 bits per heavy atom. The van der Waals surface area contributed by atoms with Gasteiger partial charge in [-0.1, -0.05) is 35.9 Å². The summed E-state index contributed by atoms with van der Waals surface area (Å²) in [5.41, 5.74) is 8.86. The Kier molecular flexibility index (Phi) is 5.68. The van der Waals surface area contributed by atoms with E-state index in [1.54, 1.807) is 9.58 Å². The lowest BCUT2D eigenvalue weighted by Gasteiger charge is -2.38. The Bertz CT molecular complexity index is 1360. The fourth-order valence-electron chi connectivity index (χ4n) is 3.82. The second kappa shape index (κ2) is 8.49. The third kappa shape index (κ3) is 3.69. The number of nitrogens with two attached hydrogens (primary N) is 1. The first-order valence-corrected chi connectivity index (χ1v) is 11.9. The molecule has 3 heterocycles. The van der Waals surface area contributed by atoms with Crippen LogP contribution in [0.3, 0.4) is 0 Å². The van der Waals surface area contributed by atoms with E-state index in [1.165, 1.54) is 6.33 Å². The highest BCUT2D eigenvalue weighted by Crippen LogP contribution is 2.34. The number of fused-ring (bicyclic) bond motifs is 2. The van der Waals surface area contributed by atoms with Gasteiger partial charge in [0.05, 0.1) is 17.5 Å². The average Bonchev–Trinajstić information content (AvgIpc) is 3.08. The van der Waals surface area contributed by atoms with Gasteiger partial charge in [0.25, 0.3) is 5.91 Å². The Morgan fingerprint density at radius 3 is 2.81 bits per heavy atom. The van der Waals surface area contributed by atoms with E-state index in [9.17, 15) is 4.79 Å². The monoisotopic (exact) mass is 623 g/mol. The van der Waals surface area contributed by atoms with E-state index in [2.05, 4.69) is 58.9 Å². The van der Waals surface area contributed by atoms with Gasteiger partial charge in [-0.2, -0.15) is 5.10 Å². The number of halogens is 3. The lowest BCUT2D eigenvalue weighted by atomic mass is 10.1. The standard InChI is InChI=1S/C21H16BrClIN7O/c22-12-5-3-7-14-16(12)21(32)30(8-11-4-1-2-6-13(11)23)15(28-14)9-31-20-17(18(24)29-31)19(25)26-10-27-20/h1-7,10,15,28H,8-9H2,(H2,25,26,27). The lowest BCUT2D eigenvalue weighted by molar-refractivity contribution is 0.0647. The molecule has 5 rings (SSSR count). The SMILES string of the molecule is Nc1ncnc2c1c(I)nn2CC1Nc2cccc(Br)c2C(=O)N1Cc1ccccc1Cl. The number of carbonyl (C=O) groups excluding carboxylic acids is 1. The molecule has 1 atom stereocenters. The lowest BCUT2D eigenvalue weighted by Crippen LogP contribution is -2.50. The zero-order chi connectivity index (χ0) is 22.4. The zero-order valence-electron chi connectivity index (χ0n) is 16.5. The number of hydrogen-bond acceptors (Lipinski definition) is 6. The molecule has 0 saturated carbocycles. The third-order valence-electron chi connectivity index (χ3n) is 5.35. The van der Waals surface area contributed by atoms with Crippen LogP contribution < -0.4 is 11.1 Å². The number of nitrogen functional groups attached to an aromatic ring is 1. The summed E-state index contributed by atoms with van der Waals surface area (Å²) in [6, 6.07) is 13.2. The summed E-state index contributed by atoms with van der Waals surface area (Å²) in [6.07, 6.45) is 1.02. The van der Waals surface area contributed by atoms with Crippen LogP contribution in [0.25, 0.3) is 11.0 Å². The minimum atomic E-state index is -0.393. The zero-order valence-corrected chi connectivity index (χ0v) is 21.0. The Morgan fingerprint density at radius 1 is 1.19 bits per heavy atom. The van der Waals surface area contributed by atoms with Crippen molar-refractivity contribution in [2.75, 3.05) is 11.1 Å². The number of hydrogen-bond donors (Lipinski definition) is 2. The van der Waals surface area contributed by atoms with E-state index in [-0.39, 0.29) is 5.91 Å². The first kappa shape index (κ1) is 21.4. The predicted molar refractivity (Wildman–Crippen MR) is 135 cm³/mol. The first-order chi connectivity index (χ1) is 15.4. The van der Waals surface area contributed by atoms with Crippen molar-refractivity contribution in [1.82, 2.24) is 24.6 Å². The van der Waals surface area contributed by atoms with Crippen molar-refractivity contribution in [2.45, 2.75) is 19.3 Å². The van der Waals surface area contributed by atoms with Crippen molar-refractivity contribution in [1.29, 1.82) is 0 Å². The van der Waals surface area contributed by atoms with Gasteiger partial charge in [-0.05, 0) is 62.3 Å². The summed E-state index contributed by atoms with van der Waals surface area (Å²) in [5, 5.41) is 9.41. The molecule has 8 nitrogen and oxygen atoms in total. The molecule has 1 unspecified atom stereocenters. The fourth-order valence-corrected chi connectivity index (χ4v) is 5.33. The second-order valence-electron chi connectivity index (χ2n) is 7.28. The number of nitrogens with zero attached hydrogens (tertiary/aromatic N) is 5. The molecule has 0 radical (unpaired) electrons. The van der Waals surface area contributed by atoms with Crippen molar-refractivity contribution in [3.63, 3.8) is 0 Å². The summed E-state index contributed by atoms with van der Waals surface area (Å²) in [7, 11) is 0. The number of amides is 1. The molecule has 3 N–H and O–H groups in total. The average molecular weight is 625 g/mol. The van der Waals surface area contributed by atoms with E-state index in [4.69, 9.17) is 17.3 Å². The molecular weight excluding hydrogens is 609 g/mol. The van der Waals surface area contributed by atoms with Crippen LogP contribution >= 0.6 is 50.1 Å². The van der Waals surface area contributed by atoms with Gasteiger partial charge in [0.15, 0.2) is 5.65 Å². The smallest absolute Gasteiger partial charge is 0.259 e. The number of aromatic nitrogens is 4. The molecule has 0 bridgehead atoms. The van der Waals surface area contributed by atoms with Crippen LogP contribution in [0.5, 0.6) is 0 Å². The summed E-state index contributed by atoms with van der Waals surface area (Å²) < 4.78 is 3.19. The number of carbonyl (C=O) groups is 1. The molecule has 0 aliphatic carbocycles. The molecule has 0 spiro atoms. The summed E-state index contributed by atoms with van der Waals surface area (Å²) in [5.74, 6) is 0.275. The molecule has 11 heteroatoms. The van der Waals surface area contributed by atoms with Gasteiger partial charge in [0.2, 0.25) is 0 Å². The number of anilines is 2. The fraction of sp³-hybridized carbons (Fsp3) is 0.143. The number of nitrogens with one attached hydrogen (secondary N) is 1. The normalized spacial score (nSPS) is 15.7. The van der Waals surface area contributed by atoms with Gasteiger partial charge in [-0.15, -0.1) is 0 Å². The van der Waals surface area contributed by atoms with Crippen molar-refractivity contribution in [3.8, 4) is 0 Å². The minimum absolute atomic E-state index is 0.101. The van der Waals surface area contributed by atoms with Crippen LogP contribution in [0.2, 0.25) is 5.02 Å². The van der Waals surface area contributed by atoms with Crippen LogP contribution in [-0.4, -0.2) is 36.7 Å². The maximum atomic E-state index is 13.6. The second-order valence-corrected chi connectivity index (χ2v) is 9.56. The quantitative estimate of drug-likeness (QED) is 0.324. The minimum Gasteiger partial charge on any atom is -0.383 e. The van der Waals surface area contributed by atoms with Crippen LogP contribution in [-0.2, 0) is 13.1 Å². The van der Waals surface area contributed by atoms with Crippen LogP contribution in [0.1, 0.15) is 15.9 Å². The molecule has 0 saturated heterocycles. The Labute approximate surface area is 210 Å². The molecule has 2 aromatic heterocycles. The Balaban J connectivity index is 1.58. The van der Waals surface area contributed by atoms with Crippen LogP contribution in [0, 0.1) is 3.70 Å². The van der Waals surface area contributed by atoms with E-state index in [0.717, 1.165) is 15.7 Å². The molecule has 4 aromatic rings.